The summed E-state index contributed by atoms with van der Waals surface area (Å²) in [6.07, 6.45) is -2.34. The van der Waals surface area contributed by atoms with Crippen LogP contribution < -0.4 is 5.32 Å². The van der Waals surface area contributed by atoms with Gasteiger partial charge in [0.1, 0.15) is 5.82 Å². The van der Waals surface area contributed by atoms with Crippen molar-refractivity contribution >= 4 is 15.8 Å². The molecule has 0 radical (unpaired) electrons. The van der Waals surface area contributed by atoms with Crippen molar-refractivity contribution in [2.24, 2.45) is 0 Å². The fraction of sp³-hybridized carbons (Fsp3) is 0.353. The quantitative estimate of drug-likeness (QED) is 0.831. The van der Waals surface area contributed by atoms with Crippen molar-refractivity contribution in [1.29, 1.82) is 5.26 Å². The molecule has 1 aromatic carbocycles. The number of piperidine rings is 1. The average Bonchev–Trinajstić information content (AvgIpc) is 2.68. The number of hydrogen-bond donors (Lipinski definition) is 1. The van der Waals surface area contributed by atoms with Gasteiger partial charge in [-0.3, -0.25) is 0 Å². The fourth-order valence-electron chi connectivity index (χ4n) is 2.99. The number of hydrogen-bond acceptors (Lipinski definition) is 6. The zero-order valence-electron chi connectivity index (χ0n) is 14.5. The molecule has 1 aliphatic heterocycles. The predicted molar refractivity (Wildman–Crippen MR) is 93.6 cm³/mol. The van der Waals surface area contributed by atoms with Crippen molar-refractivity contribution in [2.75, 3.05) is 18.4 Å². The molecule has 0 amide bonds. The van der Waals surface area contributed by atoms with Crippen molar-refractivity contribution in [1.82, 2.24) is 14.5 Å². The van der Waals surface area contributed by atoms with E-state index in [4.69, 9.17) is 5.26 Å². The van der Waals surface area contributed by atoms with E-state index >= 15 is 0 Å². The van der Waals surface area contributed by atoms with E-state index in [0.717, 1.165) is 16.4 Å². The fourth-order valence-corrected chi connectivity index (χ4v) is 4.49. The number of sulfonamides is 1. The first kappa shape index (κ1) is 20.0. The smallest absolute Gasteiger partial charge is 0.366 e. The second-order valence-corrected chi connectivity index (χ2v) is 8.19. The summed E-state index contributed by atoms with van der Waals surface area (Å²) >= 11 is 0. The van der Waals surface area contributed by atoms with Crippen molar-refractivity contribution in [3.05, 3.63) is 47.7 Å². The second-order valence-electron chi connectivity index (χ2n) is 6.25. The van der Waals surface area contributed by atoms with E-state index in [1.54, 1.807) is 12.1 Å². The van der Waals surface area contributed by atoms with E-state index < -0.39 is 32.2 Å². The molecule has 148 valence electrons. The molecule has 0 saturated carbocycles. The van der Waals surface area contributed by atoms with Gasteiger partial charge in [-0.2, -0.15) is 27.8 Å². The summed E-state index contributed by atoms with van der Waals surface area (Å²) < 4.78 is 66.1. The van der Waals surface area contributed by atoms with E-state index in [1.165, 1.54) is 12.3 Å². The zero-order chi connectivity index (χ0) is 20.4. The van der Waals surface area contributed by atoms with E-state index in [9.17, 15) is 21.6 Å². The molecule has 1 N–H and O–H groups in total. The highest BCUT2D eigenvalue weighted by atomic mass is 32.2. The number of aromatic nitrogens is 2. The Balaban J connectivity index is 1.75. The Hall–Kier alpha value is -2.71. The highest BCUT2D eigenvalue weighted by molar-refractivity contribution is 7.89. The molecule has 1 aromatic heterocycles. The van der Waals surface area contributed by atoms with Crippen LogP contribution in [0.15, 0.2) is 41.4 Å². The number of anilines is 1. The Bertz CT molecular complexity index is 982. The first-order chi connectivity index (χ1) is 13.2. The number of nitriles is 1. The van der Waals surface area contributed by atoms with Gasteiger partial charge in [0.2, 0.25) is 10.0 Å². The lowest BCUT2D eigenvalue weighted by Gasteiger charge is -2.31. The third-order valence-corrected chi connectivity index (χ3v) is 6.33. The topological polar surface area (TPSA) is 99.0 Å². The highest BCUT2D eigenvalue weighted by Gasteiger charge is 2.36. The molecule has 0 atom stereocenters. The Morgan fingerprint density at radius 2 is 1.93 bits per heavy atom. The van der Waals surface area contributed by atoms with Crippen LogP contribution in [-0.2, 0) is 16.2 Å². The molecule has 11 heteroatoms. The van der Waals surface area contributed by atoms with Crippen LogP contribution in [0, 0.1) is 11.3 Å². The maximum atomic E-state index is 13.1. The van der Waals surface area contributed by atoms with Crippen LogP contribution >= 0.6 is 0 Å². The third-order valence-electron chi connectivity index (χ3n) is 4.43. The molecule has 1 fully saturated rings. The summed E-state index contributed by atoms with van der Waals surface area (Å²) in [5.41, 5.74) is -1.87. The zero-order valence-corrected chi connectivity index (χ0v) is 15.3. The Morgan fingerprint density at radius 1 is 1.21 bits per heavy atom. The summed E-state index contributed by atoms with van der Waals surface area (Å²) in [4.78, 5) is -0.473. The highest BCUT2D eigenvalue weighted by Crippen LogP contribution is 2.34. The lowest BCUT2D eigenvalue weighted by molar-refractivity contribution is -0.137. The van der Waals surface area contributed by atoms with Gasteiger partial charge in [0.25, 0.3) is 0 Å². The number of alkyl halides is 3. The monoisotopic (exact) mass is 411 g/mol. The van der Waals surface area contributed by atoms with Crippen LogP contribution in [0.5, 0.6) is 0 Å². The Kier molecular flexibility index (Phi) is 5.53. The van der Waals surface area contributed by atoms with E-state index in [1.807, 2.05) is 0 Å². The maximum Gasteiger partial charge on any atom is 0.417 e. The number of nitrogens with zero attached hydrogens (tertiary/aromatic N) is 4. The van der Waals surface area contributed by atoms with Crippen LogP contribution in [0.25, 0.3) is 0 Å². The summed E-state index contributed by atoms with van der Waals surface area (Å²) in [5, 5.41) is 19.7. The van der Waals surface area contributed by atoms with Gasteiger partial charge in [-0.1, -0.05) is 0 Å². The summed E-state index contributed by atoms with van der Waals surface area (Å²) in [6, 6.07) is 7.33. The van der Waals surface area contributed by atoms with E-state index in [0.29, 0.717) is 24.7 Å². The van der Waals surface area contributed by atoms with Crippen molar-refractivity contribution in [2.45, 2.75) is 30.0 Å². The van der Waals surface area contributed by atoms with E-state index in [-0.39, 0.29) is 19.1 Å². The number of benzene rings is 1. The van der Waals surface area contributed by atoms with Gasteiger partial charge in [-0.15, -0.1) is 5.10 Å². The molecule has 2 aromatic rings. The van der Waals surface area contributed by atoms with Gasteiger partial charge in [0, 0.05) is 25.3 Å². The van der Waals surface area contributed by atoms with Gasteiger partial charge in [-0.25, -0.2) is 8.42 Å². The second kappa shape index (κ2) is 7.73. The minimum Gasteiger partial charge on any atom is -0.366 e. The normalized spacial score (nSPS) is 16.5. The molecule has 28 heavy (non-hydrogen) atoms. The van der Waals surface area contributed by atoms with Gasteiger partial charge in [0.05, 0.1) is 22.1 Å². The summed E-state index contributed by atoms with van der Waals surface area (Å²) in [7, 11) is -4.10. The number of nitrogens with one attached hydrogen (secondary N) is 1. The van der Waals surface area contributed by atoms with Crippen LogP contribution in [0.4, 0.5) is 19.0 Å². The van der Waals surface area contributed by atoms with Crippen LogP contribution in [-0.4, -0.2) is 42.1 Å². The lowest BCUT2D eigenvalue weighted by Crippen LogP contribution is -2.42. The molecule has 7 nitrogen and oxygen atoms in total. The Morgan fingerprint density at radius 3 is 2.50 bits per heavy atom. The van der Waals surface area contributed by atoms with Crippen LogP contribution in [0.3, 0.4) is 0 Å². The van der Waals surface area contributed by atoms with Gasteiger partial charge in [-0.05, 0) is 43.2 Å². The standard InChI is InChI=1S/C17H16F3N5O2S/c18-17(19,20)15-10-14(4-3-12(15)11-21)28(26,27)25-8-5-13(6-9-25)23-16-2-1-7-22-24-16/h1-4,7,10,13H,5-6,8-9H2,(H,23,24). The van der Waals surface area contributed by atoms with Crippen LogP contribution in [0.2, 0.25) is 0 Å². The van der Waals surface area contributed by atoms with Crippen molar-refractivity contribution in [3.8, 4) is 6.07 Å². The van der Waals surface area contributed by atoms with Crippen LogP contribution in [0.1, 0.15) is 24.0 Å². The molecule has 1 aliphatic rings. The summed E-state index contributed by atoms with van der Waals surface area (Å²) in [6.45, 7) is 0.309. The SMILES string of the molecule is N#Cc1ccc(S(=O)(=O)N2CCC(Nc3cccnn3)CC2)cc1C(F)(F)F. The molecule has 0 spiro atoms. The summed E-state index contributed by atoms with van der Waals surface area (Å²) in [5.74, 6) is 0.575. The predicted octanol–water partition coefficient (Wildman–Crippen LogP) is 2.63. The lowest BCUT2D eigenvalue weighted by atomic mass is 10.1. The first-order valence-electron chi connectivity index (χ1n) is 8.37. The molecule has 0 bridgehead atoms. The molecule has 0 unspecified atom stereocenters. The molecular weight excluding hydrogens is 395 g/mol. The van der Waals surface area contributed by atoms with Gasteiger partial charge < -0.3 is 5.32 Å². The Labute approximate surface area is 159 Å². The molecule has 0 aliphatic carbocycles. The molecule has 2 heterocycles. The van der Waals surface area contributed by atoms with E-state index in [2.05, 4.69) is 15.5 Å². The maximum absolute atomic E-state index is 13.1. The number of rotatable bonds is 4. The van der Waals surface area contributed by atoms with Crippen molar-refractivity contribution in [3.63, 3.8) is 0 Å². The average molecular weight is 411 g/mol. The van der Waals surface area contributed by atoms with Gasteiger partial charge in [0.15, 0.2) is 0 Å². The molecule has 1 saturated heterocycles. The van der Waals surface area contributed by atoms with Gasteiger partial charge >= 0.3 is 6.18 Å². The largest absolute Gasteiger partial charge is 0.417 e. The minimum absolute atomic E-state index is 0.0187. The first-order valence-corrected chi connectivity index (χ1v) is 9.81. The molecular formula is C17H16F3N5O2S. The minimum atomic E-state index is -4.82. The third kappa shape index (κ3) is 4.23. The molecule has 3 rings (SSSR count). The van der Waals surface area contributed by atoms with Crippen molar-refractivity contribution < 1.29 is 21.6 Å². The number of halogens is 3.